The molecule has 0 saturated heterocycles. The van der Waals surface area contributed by atoms with Crippen molar-refractivity contribution >= 4 is 27.7 Å². The molecule has 0 unspecified atom stereocenters. The molecule has 0 spiro atoms. The molecule has 0 radical (unpaired) electrons. The van der Waals surface area contributed by atoms with Crippen LogP contribution in [0.25, 0.3) is 0 Å². The molecular weight excluding hydrogens is 462 g/mol. The molecule has 3 aromatic rings. The summed E-state index contributed by atoms with van der Waals surface area (Å²) in [5, 5.41) is 31.6. The van der Waals surface area contributed by atoms with E-state index < -0.39 is 34.3 Å². The average Bonchev–Trinajstić information content (AvgIpc) is 2.81. The van der Waals surface area contributed by atoms with Crippen molar-refractivity contribution in [2.24, 2.45) is 0 Å². The fourth-order valence-electron chi connectivity index (χ4n) is 3.04. The van der Waals surface area contributed by atoms with Crippen LogP contribution in [0.3, 0.4) is 0 Å². The van der Waals surface area contributed by atoms with E-state index in [-0.39, 0.29) is 35.6 Å². The molecule has 0 aromatic heterocycles. The van der Waals surface area contributed by atoms with Crippen LogP contribution >= 0.6 is 0 Å². The second-order valence-electron chi connectivity index (χ2n) is 7.27. The van der Waals surface area contributed by atoms with Gasteiger partial charge in [0.15, 0.2) is 11.5 Å². The number of phenolic OH excluding ortho intramolecular Hbond substituents is 3. The van der Waals surface area contributed by atoms with Crippen LogP contribution in [0, 0.1) is 0 Å². The van der Waals surface area contributed by atoms with Crippen LogP contribution in [0.2, 0.25) is 0 Å². The molecule has 178 valence electrons. The van der Waals surface area contributed by atoms with Gasteiger partial charge in [0.2, 0.25) is 5.91 Å². The quantitative estimate of drug-likeness (QED) is 0.229. The fraction of sp³-hybridized carbons (Fsp3) is 0.130. The lowest BCUT2D eigenvalue weighted by Crippen LogP contribution is -2.47. The molecule has 0 fully saturated rings. The third-order valence-corrected chi connectivity index (χ3v) is 6.23. The Morgan fingerprint density at radius 3 is 2.21 bits per heavy atom. The summed E-state index contributed by atoms with van der Waals surface area (Å²) in [5.41, 5.74) is 0.706. The van der Waals surface area contributed by atoms with Crippen LogP contribution in [0.15, 0.2) is 72.8 Å². The fourth-order valence-corrected chi connectivity index (χ4v) is 4.14. The number of carbonyl (C=O) groups excluding carboxylic acids is 2. The Kier molecular flexibility index (Phi) is 7.71. The van der Waals surface area contributed by atoms with Crippen LogP contribution in [0.4, 0.5) is 5.69 Å². The molecule has 0 aliphatic rings. The van der Waals surface area contributed by atoms with E-state index in [1.165, 1.54) is 54.6 Å². The minimum Gasteiger partial charge on any atom is -0.508 e. The summed E-state index contributed by atoms with van der Waals surface area (Å²) in [7, 11) is -4.47. The van der Waals surface area contributed by atoms with Crippen LogP contribution in [-0.4, -0.2) is 52.9 Å². The molecule has 0 saturated carbocycles. The second-order valence-corrected chi connectivity index (χ2v) is 8.94. The van der Waals surface area contributed by atoms with Crippen LogP contribution in [-0.2, 0) is 21.4 Å². The molecule has 5 N–H and O–H groups in total. The Morgan fingerprint density at radius 2 is 1.53 bits per heavy atom. The van der Waals surface area contributed by atoms with Crippen molar-refractivity contribution in [3.8, 4) is 17.2 Å². The van der Waals surface area contributed by atoms with E-state index in [2.05, 4.69) is 5.32 Å². The minimum atomic E-state index is -4.47. The van der Waals surface area contributed by atoms with Crippen LogP contribution < -0.4 is 10.0 Å². The zero-order chi connectivity index (χ0) is 24.7. The Bertz CT molecular complexity index is 1260. The summed E-state index contributed by atoms with van der Waals surface area (Å²) in [6, 6.07) is 17.6. The maximum Gasteiger partial charge on any atom is 0.304 e. The first-order chi connectivity index (χ1) is 16.2. The number of aromatic hydroxyl groups is 3. The summed E-state index contributed by atoms with van der Waals surface area (Å²) >= 11 is 0. The van der Waals surface area contributed by atoms with Gasteiger partial charge in [0.25, 0.3) is 5.91 Å². The Labute approximate surface area is 196 Å². The van der Waals surface area contributed by atoms with E-state index >= 15 is 0 Å². The zero-order valence-electron chi connectivity index (χ0n) is 17.9. The predicted molar refractivity (Wildman–Crippen MR) is 125 cm³/mol. The minimum absolute atomic E-state index is 0.00301. The lowest BCUT2D eigenvalue weighted by molar-refractivity contribution is -0.116. The van der Waals surface area contributed by atoms with Crippen molar-refractivity contribution in [2.45, 2.75) is 6.42 Å². The number of hydrogen-bond donors (Lipinski definition) is 5. The summed E-state index contributed by atoms with van der Waals surface area (Å²) in [6.07, 6.45) is -0.0485. The van der Waals surface area contributed by atoms with Gasteiger partial charge in [-0.1, -0.05) is 30.3 Å². The topological polar surface area (TPSA) is 156 Å². The SMILES string of the molecule is O=C(CN(CCc1cccc(O)c1O)S(=O)(=O)NC(=O)c1ccccc1)Nc1ccc(O)cc1. The molecule has 2 amide bonds. The highest BCUT2D eigenvalue weighted by Crippen LogP contribution is 2.28. The van der Waals surface area contributed by atoms with Crippen molar-refractivity contribution in [3.63, 3.8) is 0 Å². The first-order valence-electron chi connectivity index (χ1n) is 10.1. The van der Waals surface area contributed by atoms with Gasteiger partial charge < -0.3 is 20.6 Å². The molecule has 3 rings (SSSR count). The third-order valence-electron chi connectivity index (χ3n) is 4.80. The number of nitrogens with one attached hydrogen (secondary N) is 2. The lowest BCUT2D eigenvalue weighted by atomic mass is 10.1. The maximum absolute atomic E-state index is 13.0. The van der Waals surface area contributed by atoms with Gasteiger partial charge in [0.05, 0.1) is 6.54 Å². The van der Waals surface area contributed by atoms with Crippen LogP contribution in [0.1, 0.15) is 15.9 Å². The molecule has 11 heteroatoms. The third kappa shape index (κ3) is 6.47. The van der Waals surface area contributed by atoms with E-state index in [9.17, 15) is 33.3 Å². The average molecular weight is 486 g/mol. The number of para-hydroxylation sites is 1. The van der Waals surface area contributed by atoms with Gasteiger partial charge in [-0.15, -0.1) is 0 Å². The van der Waals surface area contributed by atoms with E-state index in [4.69, 9.17) is 0 Å². The summed E-state index contributed by atoms with van der Waals surface area (Å²) < 4.78 is 28.7. The van der Waals surface area contributed by atoms with E-state index in [1.807, 2.05) is 4.72 Å². The lowest BCUT2D eigenvalue weighted by Gasteiger charge is -2.22. The summed E-state index contributed by atoms with van der Waals surface area (Å²) in [6.45, 7) is -0.921. The van der Waals surface area contributed by atoms with Crippen molar-refractivity contribution in [1.82, 2.24) is 9.03 Å². The highest BCUT2D eigenvalue weighted by Gasteiger charge is 2.27. The van der Waals surface area contributed by atoms with Crippen LogP contribution in [0.5, 0.6) is 17.2 Å². The number of rotatable bonds is 9. The van der Waals surface area contributed by atoms with Gasteiger partial charge in [-0.3, -0.25) is 9.59 Å². The molecule has 0 aliphatic carbocycles. The molecule has 10 nitrogen and oxygen atoms in total. The predicted octanol–water partition coefficient (Wildman–Crippen LogP) is 1.96. The first-order valence-corrected chi connectivity index (χ1v) is 11.6. The number of amides is 2. The number of phenols is 3. The highest BCUT2D eigenvalue weighted by molar-refractivity contribution is 7.87. The number of hydrogen-bond acceptors (Lipinski definition) is 7. The molecule has 3 aromatic carbocycles. The molecule has 0 aliphatic heterocycles. The van der Waals surface area contributed by atoms with Crippen molar-refractivity contribution in [2.75, 3.05) is 18.4 Å². The number of benzene rings is 3. The molecule has 0 heterocycles. The van der Waals surface area contributed by atoms with Crippen molar-refractivity contribution in [1.29, 1.82) is 0 Å². The largest absolute Gasteiger partial charge is 0.508 e. The van der Waals surface area contributed by atoms with E-state index in [0.717, 1.165) is 4.31 Å². The van der Waals surface area contributed by atoms with Gasteiger partial charge in [-0.05, 0) is 54.4 Å². The monoisotopic (exact) mass is 485 g/mol. The van der Waals surface area contributed by atoms with Gasteiger partial charge in [0.1, 0.15) is 5.75 Å². The van der Waals surface area contributed by atoms with Crippen molar-refractivity contribution < 1.29 is 33.3 Å². The van der Waals surface area contributed by atoms with Gasteiger partial charge in [-0.25, -0.2) is 4.72 Å². The number of anilines is 1. The number of carbonyl (C=O) groups is 2. The normalized spacial score (nSPS) is 11.2. The standard InChI is InChI=1S/C23H23N3O7S/c27-19-11-9-18(10-12-19)24-21(29)15-26(14-13-16-7-4-8-20(28)22(16)30)34(32,33)25-23(31)17-5-2-1-3-6-17/h1-12,27-28,30H,13-15H2,(H,24,29)(H,25,31). The molecule has 0 atom stereocenters. The van der Waals surface area contributed by atoms with E-state index in [1.54, 1.807) is 18.2 Å². The van der Waals surface area contributed by atoms with Gasteiger partial charge >= 0.3 is 10.2 Å². The Balaban J connectivity index is 1.79. The van der Waals surface area contributed by atoms with Crippen molar-refractivity contribution in [3.05, 3.63) is 83.9 Å². The summed E-state index contributed by atoms with van der Waals surface area (Å²) in [4.78, 5) is 25.0. The first kappa shape index (κ1) is 24.6. The van der Waals surface area contributed by atoms with Gasteiger partial charge in [0, 0.05) is 17.8 Å². The summed E-state index contributed by atoms with van der Waals surface area (Å²) in [5.74, 6) is -2.33. The number of nitrogens with zero attached hydrogens (tertiary/aromatic N) is 1. The molecule has 0 bridgehead atoms. The Morgan fingerprint density at radius 1 is 0.853 bits per heavy atom. The zero-order valence-corrected chi connectivity index (χ0v) is 18.7. The molecule has 34 heavy (non-hydrogen) atoms. The smallest absolute Gasteiger partial charge is 0.304 e. The Hall–Kier alpha value is -4.09. The highest BCUT2D eigenvalue weighted by atomic mass is 32.2. The second kappa shape index (κ2) is 10.7. The van der Waals surface area contributed by atoms with E-state index in [0.29, 0.717) is 5.69 Å². The maximum atomic E-state index is 13.0. The van der Waals surface area contributed by atoms with Gasteiger partial charge in [-0.2, -0.15) is 12.7 Å². The molecular formula is C23H23N3O7S.